The molecule has 1 aliphatic heterocycles. The second-order valence-corrected chi connectivity index (χ2v) is 6.40. The Bertz CT molecular complexity index is 437. The fraction of sp³-hybridized carbons (Fsp3) is 0.647. The maximum Gasteiger partial charge on any atom is 0.122 e. The number of hydrogen-bond acceptors (Lipinski definition) is 3. The third-order valence-electron chi connectivity index (χ3n) is 3.44. The van der Waals surface area contributed by atoms with Gasteiger partial charge in [-0.2, -0.15) is 0 Å². The molecule has 1 aliphatic rings. The van der Waals surface area contributed by atoms with Crippen LogP contribution in [0.2, 0.25) is 0 Å². The topological polar surface area (TPSA) is 30.5 Å². The Hall–Kier alpha value is -1.06. The van der Waals surface area contributed by atoms with Crippen LogP contribution in [0.1, 0.15) is 51.3 Å². The van der Waals surface area contributed by atoms with E-state index < -0.39 is 0 Å². The van der Waals surface area contributed by atoms with Gasteiger partial charge in [-0.3, -0.25) is 0 Å². The van der Waals surface area contributed by atoms with Crippen molar-refractivity contribution in [2.24, 2.45) is 0 Å². The molecule has 0 bridgehead atoms. The first-order valence-electron chi connectivity index (χ1n) is 7.62. The van der Waals surface area contributed by atoms with Gasteiger partial charge in [0.05, 0.1) is 24.9 Å². The summed E-state index contributed by atoms with van der Waals surface area (Å²) >= 11 is 0. The molecule has 0 amide bonds. The minimum absolute atomic E-state index is 0.105. The van der Waals surface area contributed by atoms with Gasteiger partial charge in [0.25, 0.3) is 0 Å². The lowest BCUT2D eigenvalue weighted by atomic mass is 10.0. The average Bonchev–Trinajstić information content (AvgIpc) is 2.85. The summed E-state index contributed by atoms with van der Waals surface area (Å²) in [7, 11) is 0. The van der Waals surface area contributed by atoms with E-state index in [2.05, 4.69) is 51.2 Å². The molecular weight excluding hydrogens is 250 g/mol. The largest absolute Gasteiger partial charge is 0.493 e. The Balaban J connectivity index is 2.09. The van der Waals surface area contributed by atoms with Gasteiger partial charge in [-0.1, -0.05) is 19.1 Å². The van der Waals surface area contributed by atoms with E-state index >= 15 is 0 Å². The van der Waals surface area contributed by atoms with Crippen molar-refractivity contribution in [3.05, 3.63) is 29.3 Å². The summed E-state index contributed by atoms with van der Waals surface area (Å²) in [6.07, 6.45) is 2.14. The molecule has 0 fully saturated rings. The lowest BCUT2D eigenvalue weighted by Crippen LogP contribution is -2.30. The highest BCUT2D eigenvalue weighted by atomic mass is 16.5. The van der Waals surface area contributed by atoms with Crippen LogP contribution in [0.4, 0.5) is 0 Å². The fourth-order valence-corrected chi connectivity index (χ4v) is 2.35. The SMILES string of the molecule is CCCNC(COC(C)(C)C)c1ccc2c(c1)CCO2. The normalized spacial score (nSPS) is 15.8. The van der Waals surface area contributed by atoms with Crippen molar-refractivity contribution in [2.45, 2.75) is 52.2 Å². The zero-order chi connectivity index (χ0) is 14.6. The molecule has 1 aromatic rings. The van der Waals surface area contributed by atoms with Crippen molar-refractivity contribution < 1.29 is 9.47 Å². The van der Waals surface area contributed by atoms with Crippen LogP contribution in [0.5, 0.6) is 5.75 Å². The highest BCUT2D eigenvalue weighted by molar-refractivity contribution is 5.40. The van der Waals surface area contributed by atoms with E-state index in [1.165, 1.54) is 11.1 Å². The molecule has 0 aromatic heterocycles. The molecule has 20 heavy (non-hydrogen) atoms. The van der Waals surface area contributed by atoms with E-state index in [1.54, 1.807) is 0 Å². The first-order chi connectivity index (χ1) is 9.49. The number of benzene rings is 1. The van der Waals surface area contributed by atoms with E-state index in [0.717, 1.165) is 31.7 Å². The third kappa shape index (κ3) is 4.22. The van der Waals surface area contributed by atoms with Gasteiger partial charge in [0, 0.05) is 6.42 Å². The Morgan fingerprint density at radius 1 is 1.35 bits per heavy atom. The standard InChI is InChI=1S/C17H27NO2/c1-5-9-18-15(12-20-17(2,3)4)13-6-7-16-14(11-13)8-10-19-16/h6-7,11,15,18H,5,8-10,12H2,1-4H3. The minimum Gasteiger partial charge on any atom is -0.493 e. The van der Waals surface area contributed by atoms with Gasteiger partial charge in [0.2, 0.25) is 0 Å². The summed E-state index contributed by atoms with van der Waals surface area (Å²) in [6, 6.07) is 6.76. The quantitative estimate of drug-likeness (QED) is 0.863. The Labute approximate surface area is 122 Å². The molecule has 0 saturated carbocycles. The van der Waals surface area contributed by atoms with Gasteiger partial charge in [0.15, 0.2) is 0 Å². The minimum atomic E-state index is -0.105. The molecule has 3 heteroatoms. The fourth-order valence-electron chi connectivity index (χ4n) is 2.35. The van der Waals surface area contributed by atoms with Gasteiger partial charge in [-0.05, 0) is 50.9 Å². The number of hydrogen-bond donors (Lipinski definition) is 1. The zero-order valence-corrected chi connectivity index (χ0v) is 13.2. The Kier molecular flexibility index (Phi) is 5.06. The maximum atomic E-state index is 5.97. The van der Waals surface area contributed by atoms with Crippen LogP contribution < -0.4 is 10.1 Å². The molecular formula is C17H27NO2. The highest BCUT2D eigenvalue weighted by Crippen LogP contribution is 2.28. The van der Waals surface area contributed by atoms with Gasteiger partial charge in [0.1, 0.15) is 5.75 Å². The van der Waals surface area contributed by atoms with Crippen molar-refractivity contribution in [3.63, 3.8) is 0 Å². The van der Waals surface area contributed by atoms with Gasteiger partial charge >= 0.3 is 0 Å². The molecule has 0 spiro atoms. The number of rotatable bonds is 6. The van der Waals surface area contributed by atoms with E-state index in [0.29, 0.717) is 6.61 Å². The number of nitrogens with one attached hydrogen (secondary N) is 1. The first-order valence-corrected chi connectivity index (χ1v) is 7.62. The molecule has 2 rings (SSSR count). The molecule has 3 nitrogen and oxygen atoms in total. The van der Waals surface area contributed by atoms with Crippen molar-refractivity contribution >= 4 is 0 Å². The molecule has 1 aromatic carbocycles. The molecule has 1 atom stereocenters. The van der Waals surface area contributed by atoms with Crippen molar-refractivity contribution in [2.75, 3.05) is 19.8 Å². The lowest BCUT2D eigenvalue weighted by molar-refractivity contribution is -0.0147. The third-order valence-corrected chi connectivity index (χ3v) is 3.44. The Morgan fingerprint density at radius 2 is 2.15 bits per heavy atom. The molecule has 0 aliphatic carbocycles. The molecule has 0 saturated heterocycles. The summed E-state index contributed by atoms with van der Waals surface area (Å²) in [4.78, 5) is 0. The Morgan fingerprint density at radius 3 is 2.85 bits per heavy atom. The average molecular weight is 277 g/mol. The summed E-state index contributed by atoms with van der Waals surface area (Å²) in [5.74, 6) is 1.04. The second kappa shape index (κ2) is 6.59. The highest BCUT2D eigenvalue weighted by Gasteiger charge is 2.19. The van der Waals surface area contributed by atoms with Gasteiger partial charge in [-0.25, -0.2) is 0 Å². The predicted octanol–water partition coefficient (Wildman–Crippen LogP) is 3.48. The van der Waals surface area contributed by atoms with Crippen LogP contribution in [0.15, 0.2) is 18.2 Å². The van der Waals surface area contributed by atoms with Crippen LogP contribution >= 0.6 is 0 Å². The van der Waals surface area contributed by atoms with E-state index in [1.807, 2.05) is 0 Å². The number of ether oxygens (including phenoxy) is 2. The van der Waals surface area contributed by atoms with Crippen molar-refractivity contribution in [3.8, 4) is 5.75 Å². The van der Waals surface area contributed by atoms with Crippen LogP contribution in [0.3, 0.4) is 0 Å². The van der Waals surface area contributed by atoms with Crippen LogP contribution in [0, 0.1) is 0 Å². The number of fused-ring (bicyclic) bond motifs is 1. The zero-order valence-electron chi connectivity index (χ0n) is 13.2. The van der Waals surface area contributed by atoms with Crippen molar-refractivity contribution in [1.29, 1.82) is 0 Å². The summed E-state index contributed by atoms with van der Waals surface area (Å²) < 4.78 is 11.5. The van der Waals surface area contributed by atoms with Gasteiger partial charge < -0.3 is 14.8 Å². The first kappa shape index (κ1) is 15.3. The molecule has 1 unspecified atom stereocenters. The maximum absolute atomic E-state index is 5.97. The molecule has 1 heterocycles. The smallest absolute Gasteiger partial charge is 0.122 e. The van der Waals surface area contributed by atoms with Crippen LogP contribution in [-0.2, 0) is 11.2 Å². The van der Waals surface area contributed by atoms with E-state index in [-0.39, 0.29) is 11.6 Å². The van der Waals surface area contributed by atoms with Crippen LogP contribution in [-0.4, -0.2) is 25.4 Å². The summed E-state index contributed by atoms with van der Waals surface area (Å²) in [5.41, 5.74) is 2.51. The monoisotopic (exact) mass is 277 g/mol. The van der Waals surface area contributed by atoms with E-state index in [4.69, 9.17) is 9.47 Å². The van der Waals surface area contributed by atoms with Crippen molar-refractivity contribution in [1.82, 2.24) is 5.32 Å². The van der Waals surface area contributed by atoms with E-state index in [9.17, 15) is 0 Å². The summed E-state index contributed by atoms with van der Waals surface area (Å²) in [5, 5.41) is 3.58. The molecule has 1 N–H and O–H groups in total. The summed E-state index contributed by atoms with van der Waals surface area (Å²) in [6.45, 7) is 11.0. The van der Waals surface area contributed by atoms with Gasteiger partial charge in [-0.15, -0.1) is 0 Å². The molecule has 0 radical (unpaired) electrons. The molecule has 112 valence electrons. The predicted molar refractivity (Wildman–Crippen MR) is 82.4 cm³/mol. The second-order valence-electron chi connectivity index (χ2n) is 6.40. The van der Waals surface area contributed by atoms with Crippen LogP contribution in [0.25, 0.3) is 0 Å². The lowest BCUT2D eigenvalue weighted by Gasteiger charge is -2.26.